The molecule has 0 bridgehead atoms. The third-order valence-corrected chi connectivity index (χ3v) is 4.96. The predicted molar refractivity (Wildman–Crippen MR) is 100 cm³/mol. The number of hydrogen-bond acceptors (Lipinski definition) is 8. The van der Waals surface area contributed by atoms with Gasteiger partial charge in [0.25, 0.3) is 0 Å². The first-order chi connectivity index (χ1) is 12.5. The van der Waals surface area contributed by atoms with Crippen LogP contribution < -0.4 is 4.90 Å². The van der Waals surface area contributed by atoms with Crippen LogP contribution in [0.1, 0.15) is 21.6 Å². The summed E-state index contributed by atoms with van der Waals surface area (Å²) in [5.74, 6) is 0. The number of nitriles is 2. The third kappa shape index (κ3) is 4.24. The van der Waals surface area contributed by atoms with Gasteiger partial charge in [-0.05, 0) is 43.2 Å². The van der Waals surface area contributed by atoms with Crippen molar-refractivity contribution in [2.75, 3.05) is 31.2 Å². The second-order valence-electron chi connectivity index (χ2n) is 5.56. The van der Waals surface area contributed by atoms with E-state index < -0.39 is 0 Å². The Labute approximate surface area is 156 Å². The molecule has 2 rings (SSSR count). The number of thiophene rings is 1. The number of nitrogens with zero attached hydrogens (tertiary/aromatic N) is 5. The SMILES string of the molecule is Cc1cc(N(CCO)CCO)ccc1N=Nc1sc(C#N)c(C)c1C#N. The van der Waals surface area contributed by atoms with Gasteiger partial charge in [-0.15, -0.1) is 21.6 Å². The molecule has 0 saturated carbocycles. The first kappa shape index (κ1) is 19.5. The lowest BCUT2D eigenvalue weighted by Gasteiger charge is -2.23. The highest BCUT2D eigenvalue weighted by atomic mass is 32.1. The minimum absolute atomic E-state index is 0.00357. The lowest BCUT2D eigenvalue weighted by molar-refractivity contribution is 0.281. The molecule has 134 valence electrons. The van der Waals surface area contributed by atoms with Crippen molar-refractivity contribution in [3.63, 3.8) is 0 Å². The molecule has 7 nitrogen and oxygen atoms in total. The summed E-state index contributed by atoms with van der Waals surface area (Å²) in [4.78, 5) is 2.34. The number of aliphatic hydroxyl groups excluding tert-OH is 2. The molecule has 0 aliphatic carbocycles. The molecular weight excluding hydrogens is 350 g/mol. The highest BCUT2D eigenvalue weighted by Crippen LogP contribution is 2.36. The summed E-state index contributed by atoms with van der Waals surface area (Å²) >= 11 is 1.15. The van der Waals surface area contributed by atoms with E-state index in [9.17, 15) is 5.26 Å². The summed E-state index contributed by atoms with van der Waals surface area (Å²) < 4.78 is 0. The summed E-state index contributed by atoms with van der Waals surface area (Å²) in [5, 5.41) is 45.5. The summed E-state index contributed by atoms with van der Waals surface area (Å²) in [5.41, 5.74) is 3.40. The maximum Gasteiger partial charge on any atom is 0.158 e. The quantitative estimate of drug-likeness (QED) is 0.726. The van der Waals surface area contributed by atoms with Gasteiger partial charge in [0.05, 0.1) is 24.5 Å². The number of hydrogen-bond donors (Lipinski definition) is 2. The number of azo groups is 1. The molecule has 0 fully saturated rings. The number of aliphatic hydroxyl groups is 2. The predicted octanol–water partition coefficient (Wildman–Crippen LogP) is 3.31. The second-order valence-corrected chi connectivity index (χ2v) is 6.56. The largest absolute Gasteiger partial charge is 0.395 e. The Morgan fingerprint density at radius 3 is 2.31 bits per heavy atom. The molecule has 0 unspecified atom stereocenters. The van der Waals surface area contributed by atoms with Crippen LogP contribution in [0.2, 0.25) is 0 Å². The van der Waals surface area contributed by atoms with Crippen LogP contribution in [0, 0.1) is 36.5 Å². The Balaban J connectivity index is 2.30. The van der Waals surface area contributed by atoms with Crippen molar-refractivity contribution in [2.45, 2.75) is 13.8 Å². The third-order valence-electron chi connectivity index (χ3n) is 3.88. The van der Waals surface area contributed by atoms with Crippen molar-refractivity contribution in [1.29, 1.82) is 10.5 Å². The zero-order chi connectivity index (χ0) is 19.1. The highest BCUT2D eigenvalue weighted by molar-refractivity contribution is 7.16. The molecule has 0 amide bonds. The normalized spacial score (nSPS) is 10.7. The Bertz CT molecular complexity index is 886. The van der Waals surface area contributed by atoms with E-state index in [1.165, 1.54) is 0 Å². The highest BCUT2D eigenvalue weighted by Gasteiger charge is 2.14. The number of rotatable bonds is 7. The van der Waals surface area contributed by atoms with Gasteiger partial charge in [-0.2, -0.15) is 10.5 Å². The molecule has 2 N–H and O–H groups in total. The van der Waals surface area contributed by atoms with Gasteiger partial charge < -0.3 is 15.1 Å². The molecule has 0 atom stereocenters. The summed E-state index contributed by atoms with van der Waals surface area (Å²) in [6, 6.07) is 9.69. The van der Waals surface area contributed by atoms with Crippen LogP contribution in [0.25, 0.3) is 0 Å². The molecule has 2 aromatic rings. The standard InChI is InChI=1S/C18H19N5O2S/c1-12-9-14(23(5-7-24)6-8-25)3-4-16(12)21-22-18-15(10-19)13(2)17(11-20)26-18/h3-4,9,24-25H,5-8H2,1-2H3. The van der Waals surface area contributed by atoms with Crippen LogP contribution in [-0.2, 0) is 0 Å². The molecule has 0 aliphatic heterocycles. The lowest BCUT2D eigenvalue weighted by atomic mass is 10.1. The Kier molecular flexibility index (Phi) is 6.81. The molecule has 26 heavy (non-hydrogen) atoms. The number of benzene rings is 1. The summed E-state index contributed by atoms with van der Waals surface area (Å²) in [7, 11) is 0. The van der Waals surface area contributed by atoms with E-state index in [1.54, 1.807) is 13.0 Å². The van der Waals surface area contributed by atoms with Gasteiger partial charge in [-0.1, -0.05) is 0 Å². The van der Waals surface area contributed by atoms with E-state index in [4.69, 9.17) is 15.5 Å². The first-order valence-corrected chi connectivity index (χ1v) is 8.80. The van der Waals surface area contributed by atoms with Gasteiger partial charge >= 0.3 is 0 Å². The van der Waals surface area contributed by atoms with E-state index in [1.807, 2.05) is 24.0 Å². The average molecular weight is 369 g/mol. The van der Waals surface area contributed by atoms with Gasteiger partial charge in [0.2, 0.25) is 0 Å². The molecule has 1 heterocycles. The number of anilines is 1. The maximum absolute atomic E-state index is 9.26. The van der Waals surface area contributed by atoms with E-state index in [2.05, 4.69) is 22.4 Å². The van der Waals surface area contributed by atoms with Gasteiger partial charge in [0.15, 0.2) is 5.00 Å². The van der Waals surface area contributed by atoms with Gasteiger partial charge in [0, 0.05) is 18.8 Å². The van der Waals surface area contributed by atoms with E-state index in [0.29, 0.717) is 39.8 Å². The Morgan fingerprint density at radius 2 is 1.77 bits per heavy atom. The Morgan fingerprint density at radius 1 is 1.08 bits per heavy atom. The molecular formula is C18H19N5O2S. The maximum atomic E-state index is 9.26. The minimum atomic E-state index is -0.00357. The van der Waals surface area contributed by atoms with Crippen molar-refractivity contribution in [2.24, 2.45) is 10.2 Å². The molecule has 1 aromatic heterocycles. The molecule has 8 heteroatoms. The average Bonchev–Trinajstić information content (AvgIpc) is 2.95. The van der Waals surface area contributed by atoms with Crippen molar-refractivity contribution in [3.8, 4) is 12.1 Å². The summed E-state index contributed by atoms with van der Waals surface area (Å²) in [6.45, 7) is 4.46. The van der Waals surface area contributed by atoms with Crippen LogP contribution in [-0.4, -0.2) is 36.5 Å². The molecule has 0 spiro atoms. The van der Waals surface area contributed by atoms with Crippen LogP contribution >= 0.6 is 11.3 Å². The van der Waals surface area contributed by atoms with Gasteiger partial charge in [-0.25, -0.2) is 0 Å². The van der Waals surface area contributed by atoms with Crippen molar-refractivity contribution < 1.29 is 10.2 Å². The minimum Gasteiger partial charge on any atom is -0.395 e. The second kappa shape index (κ2) is 9.07. The topological polar surface area (TPSA) is 116 Å². The first-order valence-electron chi connectivity index (χ1n) is 7.98. The van der Waals surface area contributed by atoms with E-state index in [0.717, 1.165) is 22.6 Å². The number of aryl methyl sites for hydroxylation is 1. The van der Waals surface area contributed by atoms with Crippen molar-refractivity contribution >= 4 is 27.7 Å². The zero-order valence-electron chi connectivity index (χ0n) is 14.6. The van der Waals surface area contributed by atoms with Crippen LogP contribution in [0.15, 0.2) is 28.4 Å². The summed E-state index contributed by atoms with van der Waals surface area (Å²) in [6.07, 6.45) is 0. The van der Waals surface area contributed by atoms with E-state index in [-0.39, 0.29) is 13.2 Å². The van der Waals surface area contributed by atoms with Crippen molar-refractivity contribution in [3.05, 3.63) is 39.8 Å². The van der Waals surface area contributed by atoms with Crippen LogP contribution in [0.5, 0.6) is 0 Å². The molecule has 1 aromatic carbocycles. The van der Waals surface area contributed by atoms with Crippen LogP contribution in [0.4, 0.5) is 16.4 Å². The van der Waals surface area contributed by atoms with Gasteiger partial charge in [0.1, 0.15) is 17.0 Å². The fourth-order valence-electron chi connectivity index (χ4n) is 2.47. The van der Waals surface area contributed by atoms with Gasteiger partial charge in [-0.3, -0.25) is 0 Å². The molecule has 0 saturated heterocycles. The lowest BCUT2D eigenvalue weighted by Crippen LogP contribution is -2.29. The monoisotopic (exact) mass is 369 g/mol. The molecule has 0 aliphatic rings. The molecule has 0 radical (unpaired) electrons. The van der Waals surface area contributed by atoms with E-state index >= 15 is 0 Å². The Hall–Kier alpha value is -2.78. The fraction of sp³-hybridized carbons (Fsp3) is 0.333. The zero-order valence-corrected chi connectivity index (χ0v) is 15.4. The fourth-order valence-corrected chi connectivity index (χ4v) is 3.34. The smallest absolute Gasteiger partial charge is 0.158 e. The van der Waals surface area contributed by atoms with Crippen LogP contribution in [0.3, 0.4) is 0 Å². The van der Waals surface area contributed by atoms with Crippen molar-refractivity contribution in [1.82, 2.24) is 0 Å².